The maximum Gasteiger partial charge on any atom is 0.332 e. The normalized spacial score (nSPS) is 30.1. The van der Waals surface area contributed by atoms with Gasteiger partial charge in [-0.1, -0.05) is 13.8 Å². The van der Waals surface area contributed by atoms with Crippen molar-refractivity contribution in [1.29, 1.82) is 0 Å². The zero-order chi connectivity index (χ0) is 14.8. The first-order valence-electron chi connectivity index (χ1n) is 7.53. The van der Waals surface area contributed by atoms with Gasteiger partial charge in [0, 0.05) is 6.54 Å². The molecule has 2 fully saturated rings. The Balaban J connectivity index is 1.70. The van der Waals surface area contributed by atoms with Crippen molar-refractivity contribution in [3.63, 3.8) is 0 Å². The van der Waals surface area contributed by atoms with Crippen LogP contribution in [-0.2, 0) is 14.3 Å². The first-order valence-corrected chi connectivity index (χ1v) is 7.53. The fourth-order valence-electron chi connectivity index (χ4n) is 3.03. The van der Waals surface area contributed by atoms with Gasteiger partial charge in [0.2, 0.25) is 5.91 Å². The molecular formula is C15H25NO4. The molecule has 0 spiro atoms. The fraction of sp³-hybridized carbons (Fsp3) is 0.867. The van der Waals surface area contributed by atoms with Crippen LogP contribution in [0.15, 0.2) is 0 Å². The van der Waals surface area contributed by atoms with Crippen molar-refractivity contribution in [3.05, 3.63) is 0 Å². The smallest absolute Gasteiger partial charge is 0.332 e. The molecule has 1 heterocycles. The van der Waals surface area contributed by atoms with Gasteiger partial charge in [-0.2, -0.15) is 0 Å². The largest absolute Gasteiger partial charge is 0.479 e. The Morgan fingerprint density at radius 2 is 1.75 bits per heavy atom. The summed E-state index contributed by atoms with van der Waals surface area (Å²) in [4.78, 5) is 22.7. The number of aliphatic carboxylic acids is 1. The minimum Gasteiger partial charge on any atom is -0.479 e. The van der Waals surface area contributed by atoms with E-state index < -0.39 is 18.2 Å². The van der Waals surface area contributed by atoms with E-state index in [2.05, 4.69) is 19.2 Å². The topological polar surface area (TPSA) is 75.6 Å². The number of rotatable bonds is 4. The van der Waals surface area contributed by atoms with E-state index in [-0.39, 0.29) is 5.91 Å². The van der Waals surface area contributed by atoms with Gasteiger partial charge in [-0.25, -0.2) is 4.79 Å². The molecule has 1 saturated carbocycles. The van der Waals surface area contributed by atoms with E-state index in [1.54, 1.807) is 0 Å². The first-order chi connectivity index (χ1) is 9.37. The summed E-state index contributed by atoms with van der Waals surface area (Å²) in [5.41, 5.74) is 0.434. The number of hydrogen-bond donors (Lipinski definition) is 2. The Labute approximate surface area is 120 Å². The van der Waals surface area contributed by atoms with Crippen LogP contribution in [0.5, 0.6) is 0 Å². The van der Waals surface area contributed by atoms with Gasteiger partial charge >= 0.3 is 5.97 Å². The SMILES string of the molecule is CC1(C)CCC(CNC(=O)[C@@H]2CC[C@H](C(=O)O)O2)CC1. The highest BCUT2D eigenvalue weighted by Gasteiger charge is 2.35. The number of amides is 1. The van der Waals surface area contributed by atoms with Crippen molar-refractivity contribution in [2.75, 3.05) is 6.54 Å². The Kier molecular flexibility index (Phi) is 4.68. The van der Waals surface area contributed by atoms with Crippen LogP contribution in [-0.4, -0.2) is 35.7 Å². The second kappa shape index (κ2) is 6.12. The van der Waals surface area contributed by atoms with Crippen molar-refractivity contribution >= 4 is 11.9 Å². The molecule has 2 aliphatic rings. The molecule has 0 radical (unpaired) electrons. The van der Waals surface area contributed by atoms with Crippen LogP contribution in [0, 0.1) is 11.3 Å². The molecule has 1 saturated heterocycles. The third-order valence-corrected chi connectivity index (χ3v) is 4.61. The molecule has 1 aliphatic carbocycles. The molecule has 0 bridgehead atoms. The Hall–Kier alpha value is -1.10. The number of carbonyl (C=O) groups excluding carboxylic acids is 1. The summed E-state index contributed by atoms with van der Waals surface area (Å²) in [6, 6.07) is 0. The van der Waals surface area contributed by atoms with Crippen LogP contribution in [0.4, 0.5) is 0 Å². The molecule has 2 N–H and O–H groups in total. The Bertz CT molecular complexity index is 370. The Morgan fingerprint density at radius 3 is 2.30 bits per heavy atom. The molecule has 1 amide bonds. The summed E-state index contributed by atoms with van der Waals surface area (Å²) < 4.78 is 5.25. The van der Waals surface area contributed by atoms with E-state index in [1.165, 1.54) is 12.8 Å². The van der Waals surface area contributed by atoms with E-state index in [9.17, 15) is 9.59 Å². The summed E-state index contributed by atoms with van der Waals surface area (Å²) in [7, 11) is 0. The van der Waals surface area contributed by atoms with Crippen LogP contribution in [0.3, 0.4) is 0 Å². The van der Waals surface area contributed by atoms with Crippen molar-refractivity contribution in [2.45, 2.75) is 64.6 Å². The summed E-state index contributed by atoms with van der Waals surface area (Å²) in [6.07, 6.45) is 4.22. The number of hydrogen-bond acceptors (Lipinski definition) is 3. The molecule has 0 aromatic carbocycles. The lowest BCUT2D eigenvalue weighted by molar-refractivity contribution is -0.151. The van der Waals surface area contributed by atoms with Gasteiger partial charge in [-0.15, -0.1) is 0 Å². The minimum absolute atomic E-state index is 0.154. The van der Waals surface area contributed by atoms with E-state index in [0.717, 1.165) is 12.8 Å². The van der Waals surface area contributed by atoms with Crippen molar-refractivity contribution < 1.29 is 19.4 Å². The summed E-state index contributed by atoms with van der Waals surface area (Å²) in [5.74, 6) is -0.586. The van der Waals surface area contributed by atoms with Crippen molar-refractivity contribution in [1.82, 2.24) is 5.32 Å². The van der Waals surface area contributed by atoms with Gasteiger partial charge in [-0.05, 0) is 49.9 Å². The lowest BCUT2D eigenvalue weighted by Gasteiger charge is -2.34. The van der Waals surface area contributed by atoms with E-state index >= 15 is 0 Å². The molecule has 114 valence electrons. The van der Waals surface area contributed by atoms with Crippen LogP contribution < -0.4 is 5.32 Å². The molecule has 0 aromatic rings. The van der Waals surface area contributed by atoms with E-state index in [0.29, 0.717) is 30.7 Å². The molecule has 0 aromatic heterocycles. The fourth-order valence-corrected chi connectivity index (χ4v) is 3.03. The van der Waals surface area contributed by atoms with Gasteiger partial charge < -0.3 is 15.2 Å². The molecule has 2 atom stereocenters. The second-order valence-electron chi connectivity index (χ2n) is 6.88. The van der Waals surface area contributed by atoms with Crippen LogP contribution in [0.25, 0.3) is 0 Å². The lowest BCUT2D eigenvalue weighted by Crippen LogP contribution is -2.39. The molecular weight excluding hydrogens is 258 g/mol. The van der Waals surface area contributed by atoms with Gasteiger partial charge in [0.1, 0.15) is 6.10 Å². The molecule has 20 heavy (non-hydrogen) atoms. The van der Waals surface area contributed by atoms with Crippen molar-refractivity contribution in [3.8, 4) is 0 Å². The first kappa shape index (κ1) is 15.3. The maximum absolute atomic E-state index is 12.0. The van der Waals surface area contributed by atoms with Crippen molar-refractivity contribution in [2.24, 2.45) is 11.3 Å². The summed E-state index contributed by atoms with van der Waals surface area (Å²) in [5, 5.41) is 11.8. The number of carbonyl (C=O) groups is 2. The minimum atomic E-state index is -0.977. The number of carboxylic acids is 1. The third kappa shape index (κ3) is 3.95. The van der Waals surface area contributed by atoms with Crippen LogP contribution in [0.2, 0.25) is 0 Å². The van der Waals surface area contributed by atoms with Crippen LogP contribution >= 0.6 is 0 Å². The number of nitrogens with one attached hydrogen (secondary N) is 1. The van der Waals surface area contributed by atoms with Gasteiger partial charge in [0.25, 0.3) is 0 Å². The maximum atomic E-state index is 12.0. The molecule has 0 unspecified atom stereocenters. The van der Waals surface area contributed by atoms with Gasteiger partial charge in [-0.3, -0.25) is 4.79 Å². The van der Waals surface area contributed by atoms with Gasteiger partial charge in [0.15, 0.2) is 6.10 Å². The highest BCUT2D eigenvalue weighted by atomic mass is 16.5. The monoisotopic (exact) mass is 283 g/mol. The quantitative estimate of drug-likeness (QED) is 0.827. The van der Waals surface area contributed by atoms with Gasteiger partial charge in [0.05, 0.1) is 0 Å². The zero-order valence-electron chi connectivity index (χ0n) is 12.4. The zero-order valence-corrected chi connectivity index (χ0v) is 12.4. The summed E-state index contributed by atoms with van der Waals surface area (Å²) >= 11 is 0. The molecule has 1 aliphatic heterocycles. The third-order valence-electron chi connectivity index (χ3n) is 4.61. The highest BCUT2D eigenvalue weighted by Crippen LogP contribution is 2.37. The standard InChI is InChI=1S/C15H25NO4/c1-15(2)7-5-10(6-8-15)9-16-13(17)11-3-4-12(20-11)14(18)19/h10-12H,3-9H2,1-2H3,(H,16,17)(H,18,19)/t11-,12+/m0/s1. The highest BCUT2D eigenvalue weighted by molar-refractivity contribution is 5.82. The molecule has 5 heteroatoms. The predicted octanol–water partition coefficient (Wildman–Crippen LogP) is 1.95. The average molecular weight is 283 g/mol. The molecule has 2 rings (SSSR count). The van der Waals surface area contributed by atoms with E-state index in [4.69, 9.17) is 9.84 Å². The second-order valence-corrected chi connectivity index (χ2v) is 6.88. The lowest BCUT2D eigenvalue weighted by atomic mass is 9.73. The Morgan fingerprint density at radius 1 is 1.15 bits per heavy atom. The average Bonchev–Trinajstić information content (AvgIpc) is 2.87. The summed E-state index contributed by atoms with van der Waals surface area (Å²) in [6.45, 7) is 5.27. The number of ether oxygens (including phenoxy) is 1. The number of carboxylic acid groups (broad SMARTS) is 1. The predicted molar refractivity (Wildman–Crippen MR) is 74.3 cm³/mol. The molecule has 5 nitrogen and oxygen atoms in total. The van der Waals surface area contributed by atoms with Crippen LogP contribution in [0.1, 0.15) is 52.4 Å². The van der Waals surface area contributed by atoms with E-state index in [1.807, 2.05) is 0 Å².